The highest BCUT2D eigenvalue weighted by Gasteiger charge is 2.51. The van der Waals surface area contributed by atoms with Gasteiger partial charge in [0.05, 0.1) is 23.4 Å². The van der Waals surface area contributed by atoms with Gasteiger partial charge in [-0.05, 0) is 108 Å². The van der Waals surface area contributed by atoms with Crippen molar-refractivity contribution in [3.8, 4) is 78.4 Å². The SMILES string of the molecule is [C-]#[N+]c1ccc2c(c1)-c1ccc(-c3cccc(-c4cccc(-c5cc(-c6ccccc6)nc(-c6cccc7ccccc67)n5)c4)c3)cc1C21c2ccccc2-c2ccccc21. The molecule has 0 saturated heterocycles. The minimum absolute atomic E-state index is 0.485. The Balaban J connectivity index is 0.981. The summed E-state index contributed by atoms with van der Waals surface area (Å²) in [6.45, 7) is 7.86. The molecular formula is C58H35N3. The summed E-state index contributed by atoms with van der Waals surface area (Å²) < 4.78 is 0. The van der Waals surface area contributed by atoms with Crippen LogP contribution in [0.5, 0.6) is 0 Å². The Labute approximate surface area is 354 Å². The molecule has 2 aliphatic carbocycles. The molecule has 0 saturated carbocycles. The van der Waals surface area contributed by atoms with Gasteiger partial charge in [0.1, 0.15) is 0 Å². The van der Waals surface area contributed by atoms with Crippen LogP contribution in [0.25, 0.3) is 94.0 Å². The molecule has 61 heavy (non-hydrogen) atoms. The fourth-order valence-corrected chi connectivity index (χ4v) is 10.0. The van der Waals surface area contributed by atoms with Gasteiger partial charge in [-0.2, -0.15) is 0 Å². The molecule has 10 aromatic rings. The molecule has 1 aromatic heterocycles. The predicted octanol–water partition coefficient (Wildman–Crippen LogP) is 14.9. The molecular weight excluding hydrogens is 739 g/mol. The second-order valence-electron chi connectivity index (χ2n) is 16.0. The molecule has 282 valence electrons. The zero-order valence-electron chi connectivity index (χ0n) is 33.0. The molecule has 0 bridgehead atoms. The first-order valence-electron chi connectivity index (χ1n) is 20.7. The summed E-state index contributed by atoms with van der Waals surface area (Å²) in [5.41, 5.74) is 19.5. The van der Waals surface area contributed by atoms with Gasteiger partial charge in [0.2, 0.25) is 0 Å². The van der Waals surface area contributed by atoms with E-state index in [1.165, 1.54) is 38.9 Å². The lowest BCUT2D eigenvalue weighted by atomic mass is 9.70. The molecule has 0 radical (unpaired) electrons. The van der Waals surface area contributed by atoms with E-state index in [2.05, 4.69) is 205 Å². The smallest absolute Gasteiger partial charge is 0.187 e. The highest BCUT2D eigenvalue weighted by Crippen LogP contribution is 2.63. The Morgan fingerprint density at radius 2 is 0.869 bits per heavy atom. The molecule has 1 heterocycles. The quantitative estimate of drug-likeness (QED) is 0.163. The first-order chi connectivity index (χ1) is 30.2. The van der Waals surface area contributed by atoms with Crippen molar-refractivity contribution in [3.63, 3.8) is 0 Å². The van der Waals surface area contributed by atoms with Gasteiger partial charge in [0.25, 0.3) is 0 Å². The lowest BCUT2D eigenvalue weighted by molar-refractivity contribution is 0.794. The predicted molar refractivity (Wildman–Crippen MR) is 249 cm³/mol. The standard InChI is InChI=1S/C58H35N3/c1-59-44-29-31-53-50(35-44)48-30-28-42(34-54(48)58(53)51-26-9-7-23-46(51)47-24-8-10-27-52(47)58)40-19-11-18-39(32-40)41-20-12-21-43(33-41)56-36-55(38-15-3-2-4-16-38)60-57(61-56)49-25-13-17-37-14-5-6-22-45(37)49/h2-36H. The lowest BCUT2D eigenvalue weighted by Gasteiger charge is -2.30. The summed E-state index contributed by atoms with van der Waals surface area (Å²) in [5, 5.41) is 2.29. The van der Waals surface area contributed by atoms with Crippen molar-refractivity contribution in [2.75, 3.05) is 0 Å². The molecule has 0 amide bonds. The zero-order valence-corrected chi connectivity index (χ0v) is 33.0. The second kappa shape index (κ2) is 13.7. The van der Waals surface area contributed by atoms with E-state index >= 15 is 0 Å². The summed E-state index contributed by atoms with van der Waals surface area (Å²) in [4.78, 5) is 14.2. The van der Waals surface area contributed by atoms with E-state index in [0.717, 1.165) is 66.7 Å². The van der Waals surface area contributed by atoms with Crippen molar-refractivity contribution in [1.29, 1.82) is 0 Å². The van der Waals surface area contributed by atoms with Gasteiger partial charge in [0, 0.05) is 16.7 Å². The van der Waals surface area contributed by atoms with Crippen LogP contribution >= 0.6 is 0 Å². The zero-order chi connectivity index (χ0) is 40.5. The monoisotopic (exact) mass is 773 g/mol. The number of benzene rings is 9. The van der Waals surface area contributed by atoms with Crippen molar-refractivity contribution in [1.82, 2.24) is 9.97 Å². The van der Waals surface area contributed by atoms with Gasteiger partial charge in [-0.1, -0.05) is 182 Å². The van der Waals surface area contributed by atoms with E-state index in [0.29, 0.717) is 11.5 Å². The van der Waals surface area contributed by atoms with Crippen molar-refractivity contribution in [3.05, 3.63) is 246 Å². The van der Waals surface area contributed by atoms with Crippen LogP contribution in [0.2, 0.25) is 0 Å². The van der Waals surface area contributed by atoms with Gasteiger partial charge in [0.15, 0.2) is 11.5 Å². The molecule has 12 rings (SSSR count). The average molecular weight is 774 g/mol. The maximum atomic E-state index is 7.86. The van der Waals surface area contributed by atoms with E-state index in [9.17, 15) is 0 Å². The highest BCUT2D eigenvalue weighted by molar-refractivity contribution is 5.98. The molecule has 1 spiro atoms. The lowest BCUT2D eigenvalue weighted by Crippen LogP contribution is -2.25. The van der Waals surface area contributed by atoms with Gasteiger partial charge < -0.3 is 0 Å². The maximum absolute atomic E-state index is 7.86. The van der Waals surface area contributed by atoms with Gasteiger partial charge >= 0.3 is 0 Å². The van der Waals surface area contributed by atoms with Crippen LogP contribution in [0, 0.1) is 6.57 Å². The molecule has 3 heteroatoms. The summed E-state index contributed by atoms with van der Waals surface area (Å²) in [5.74, 6) is 0.704. The summed E-state index contributed by atoms with van der Waals surface area (Å²) in [6, 6.07) is 75.7. The highest BCUT2D eigenvalue weighted by atomic mass is 14.9. The number of hydrogen-bond donors (Lipinski definition) is 0. The molecule has 2 aliphatic rings. The van der Waals surface area contributed by atoms with Crippen LogP contribution < -0.4 is 0 Å². The first kappa shape index (κ1) is 34.8. The number of rotatable bonds is 5. The van der Waals surface area contributed by atoms with Crippen molar-refractivity contribution < 1.29 is 0 Å². The fourth-order valence-electron chi connectivity index (χ4n) is 10.0. The van der Waals surface area contributed by atoms with Crippen LogP contribution in [-0.4, -0.2) is 9.97 Å². The average Bonchev–Trinajstić information content (AvgIpc) is 3.80. The molecule has 0 N–H and O–H groups in total. The molecule has 0 fully saturated rings. The summed E-state index contributed by atoms with van der Waals surface area (Å²) in [6.07, 6.45) is 0. The third-order valence-corrected chi connectivity index (χ3v) is 12.7. The van der Waals surface area contributed by atoms with E-state index in [1.807, 2.05) is 12.1 Å². The van der Waals surface area contributed by atoms with Crippen LogP contribution in [0.1, 0.15) is 22.3 Å². The number of aromatic nitrogens is 2. The number of fused-ring (bicyclic) bond motifs is 11. The van der Waals surface area contributed by atoms with E-state index in [4.69, 9.17) is 16.5 Å². The number of nitrogens with zero attached hydrogens (tertiary/aromatic N) is 3. The molecule has 0 atom stereocenters. The van der Waals surface area contributed by atoms with Crippen molar-refractivity contribution >= 4 is 16.5 Å². The van der Waals surface area contributed by atoms with Crippen LogP contribution in [0.15, 0.2) is 212 Å². The fraction of sp³-hybridized carbons (Fsp3) is 0.0172. The van der Waals surface area contributed by atoms with Gasteiger partial charge in [-0.25, -0.2) is 14.8 Å². The van der Waals surface area contributed by atoms with E-state index in [-0.39, 0.29) is 0 Å². The normalized spacial score (nSPS) is 12.7. The second-order valence-corrected chi connectivity index (χ2v) is 16.0. The number of hydrogen-bond acceptors (Lipinski definition) is 2. The van der Waals surface area contributed by atoms with Gasteiger partial charge in [-0.15, -0.1) is 0 Å². The third-order valence-electron chi connectivity index (χ3n) is 12.7. The van der Waals surface area contributed by atoms with E-state index < -0.39 is 5.41 Å². The minimum atomic E-state index is -0.485. The topological polar surface area (TPSA) is 30.1 Å². The Kier molecular flexibility index (Phi) is 7.82. The Morgan fingerprint density at radius 1 is 0.344 bits per heavy atom. The van der Waals surface area contributed by atoms with Gasteiger partial charge in [-0.3, -0.25) is 0 Å². The van der Waals surface area contributed by atoms with Crippen LogP contribution in [0.4, 0.5) is 5.69 Å². The minimum Gasteiger partial charge on any atom is -0.238 e. The first-order valence-corrected chi connectivity index (χ1v) is 20.7. The third kappa shape index (κ3) is 5.36. The Bertz CT molecular complexity index is 3400. The maximum Gasteiger partial charge on any atom is 0.187 e. The van der Waals surface area contributed by atoms with Crippen LogP contribution in [0.3, 0.4) is 0 Å². The Morgan fingerprint density at radius 3 is 1.61 bits per heavy atom. The Hall–Kier alpha value is -8.19. The van der Waals surface area contributed by atoms with Crippen molar-refractivity contribution in [2.24, 2.45) is 0 Å². The molecule has 3 nitrogen and oxygen atoms in total. The molecule has 0 unspecified atom stereocenters. The van der Waals surface area contributed by atoms with E-state index in [1.54, 1.807) is 0 Å². The largest absolute Gasteiger partial charge is 0.238 e. The van der Waals surface area contributed by atoms with Crippen molar-refractivity contribution in [2.45, 2.75) is 5.41 Å². The van der Waals surface area contributed by atoms with Crippen LogP contribution in [-0.2, 0) is 5.41 Å². The molecule has 0 aliphatic heterocycles. The summed E-state index contributed by atoms with van der Waals surface area (Å²) >= 11 is 0. The molecule has 9 aromatic carbocycles. The summed E-state index contributed by atoms with van der Waals surface area (Å²) in [7, 11) is 0.